The van der Waals surface area contributed by atoms with E-state index >= 15 is 0 Å². The van der Waals surface area contributed by atoms with Gasteiger partial charge in [0.05, 0.1) is 4.90 Å². The molecule has 1 fully saturated rings. The average molecular weight is 416 g/mol. The lowest BCUT2D eigenvalue weighted by Gasteiger charge is -2.17. The minimum Gasteiger partial charge on any atom is -0.383 e. The molecule has 3 N–H and O–H groups in total. The van der Waals surface area contributed by atoms with Crippen LogP contribution in [0.5, 0.6) is 0 Å². The molecule has 3 rings (SSSR count). The highest BCUT2D eigenvalue weighted by Crippen LogP contribution is 2.24. The van der Waals surface area contributed by atoms with Crippen LogP contribution in [0.3, 0.4) is 0 Å². The second-order valence-corrected chi connectivity index (χ2v) is 9.31. The molecule has 0 unspecified atom stereocenters. The average Bonchev–Trinajstić information content (AvgIpc) is 3.21. The van der Waals surface area contributed by atoms with Gasteiger partial charge in [-0.15, -0.1) is 0 Å². The number of carbonyl (C=O) groups is 1. The van der Waals surface area contributed by atoms with Gasteiger partial charge >= 0.3 is 0 Å². The van der Waals surface area contributed by atoms with Crippen molar-refractivity contribution < 1.29 is 13.2 Å². The SMILES string of the molecule is CC[C@@H](C)Nc1cc(C(=O)NC2CCCC2)cc(S(=O)(=O)Nc2ccccc2)c1. The van der Waals surface area contributed by atoms with Gasteiger partial charge in [0.15, 0.2) is 0 Å². The van der Waals surface area contributed by atoms with Crippen LogP contribution in [0.25, 0.3) is 0 Å². The van der Waals surface area contributed by atoms with Gasteiger partial charge in [-0.25, -0.2) is 8.42 Å². The summed E-state index contributed by atoms with van der Waals surface area (Å²) in [5.41, 5.74) is 1.44. The third-order valence-corrected chi connectivity index (χ3v) is 6.58. The lowest BCUT2D eigenvalue weighted by atomic mass is 10.1. The Morgan fingerprint density at radius 2 is 1.76 bits per heavy atom. The number of rotatable bonds is 8. The van der Waals surface area contributed by atoms with Crippen molar-refractivity contribution in [1.82, 2.24) is 5.32 Å². The van der Waals surface area contributed by atoms with Crippen LogP contribution in [0.15, 0.2) is 53.4 Å². The fourth-order valence-electron chi connectivity index (χ4n) is 3.41. The lowest BCUT2D eigenvalue weighted by molar-refractivity contribution is 0.0937. The molecule has 0 bridgehead atoms. The topological polar surface area (TPSA) is 87.3 Å². The van der Waals surface area contributed by atoms with Crippen LogP contribution in [0.1, 0.15) is 56.3 Å². The molecule has 2 aromatic carbocycles. The summed E-state index contributed by atoms with van der Waals surface area (Å²) in [5.74, 6) is -0.235. The van der Waals surface area contributed by atoms with E-state index in [1.807, 2.05) is 19.9 Å². The Kier molecular flexibility index (Phi) is 6.79. The number of amides is 1. The Morgan fingerprint density at radius 3 is 2.41 bits per heavy atom. The van der Waals surface area contributed by atoms with Crippen LogP contribution < -0.4 is 15.4 Å². The lowest BCUT2D eigenvalue weighted by Crippen LogP contribution is -2.32. The Hall–Kier alpha value is -2.54. The van der Waals surface area contributed by atoms with Gasteiger partial charge in [-0.3, -0.25) is 9.52 Å². The first-order valence-electron chi connectivity index (χ1n) is 10.2. The van der Waals surface area contributed by atoms with E-state index in [-0.39, 0.29) is 22.9 Å². The van der Waals surface area contributed by atoms with Crippen molar-refractivity contribution in [2.75, 3.05) is 10.0 Å². The molecule has 0 saturated heterocycles. The smallest absolute Gasteiger partial charge is 0.261 e. The van der Waals surface area contributed by atoms with Gasteiger partial charge in [0.2, 0.25) is 0 Å². The normalized spacial score (nSPS) is 15.7. The minimum absolute atomic E-state index is 0.0613. The Labute approximate surface area is 173 Å². The third kappa shape index (κ3) is 5.73. The monoisotopic (exact) mass is 415 g/mol. The Morgan fingerprint density at radius 1 is 1.07 bits per heavy atom. The second kappa shape index (κ2) is 9.31. The molecule has 2 aromatic rings. The summed E-state index contributed by atoms with van der Waals surface area (Å²) in [7, 11) is -3.83. The van der Waals surface area contributed by atoms with E-state index in [4.69, 9.17) is 0 Å². The van der Waals surface area contributed by atoms with Crippen LogP contribution in [0, 0.1) is 0 Å². The maximum atomic E-state index is 13.0. The van der Waals surface area contributed by atoms with E-state index < -0.39 is 10.0 Å². The van der Waals surface area contributed by atoms with Crippen LogP contribution in [0.2, 0.25) is 0 Å². The van der Waals surface area contributed by atoms with Gasteiger partial charge in [0.25, 0.3) is 15.9 Å². The fourth-order valence-corrected chi connectivity index (χ4v) is 4.54. The number of nitrogens with one attached hydrogen (secondary N) is 3. The first-order valence-corrected chi connectivity index (χ1v) is 11.7. The van der Waals surface area contributed by atoms with Crippen molar-refractivity contribution in [3.05, 3.63) is 54.1 Å². The molecule has 6 nitrogen and oxygen atoms in total. The van der Waals surface area contributed by atoms with Gasteiger partial charge in [-0.2, -0.15) is 0 Å². The summed E-state index contributed by atoms with van der Waals surface area (Å²) in [6.07, 6.45) is 5.04. The van der Waals surface area contributed by atoms with Crippen molar-refractivity contribution in [2.24, 2.45) is 0 Å². The maximum Gasteiger partial charge on any atom is 0.261 e. The van der Waals surface area contributed by atoms with Crippen molar-refractivity contribution in [3.63, 3.8) is 0 Å². The third-order valence-electron chi connectivity index (χ3n) is 5.22. The number of benzene rings is 2. The minimum atomic E-state index is -3.83. The van der Waals surface area contributed by atoms with E-state index in [0.29, 0.717) is 16.9 Å². The number of hydrogen-bond acceptors (Lipinski definition) is 4. The van der Waals surface area contributed by atoms with Crippen LogP contribution in [-0.2, 0) is 10.0 Å². The summed E-state index contributed by atoms with van der Waals surface area (Å²) in [5, 5.41) is 6.32. The molecule has 0 heterocycles. The van der Waals surface area contributed by atoms with Gasteiger partial charge in [0.1, 0.15) is 0 Å². The van der Waals surface area contributed by atoms with E-state index in [1.165, 1.54) is 6.07 Å². The van der Waals surface area contributed by atoms with E-state index in [1.54, 1.807) is 36.4 Å². The van der Waals surface area contributed by atoms with Gasteiger partial charge in [-0.05, 0) is 56.5 Å². The first kappa shape index (κ1) is 21.2. The highest BCUT2D eigenvalue weighted by atomic mass is 32.2. The molecule has 1 atom stereocenters. The maximum absolute atomic E-state index is 13.0. The first-order chi connectivity index (χ1) is 13.9. The molecule has 1 saturated carbocycles. The van der Waals surface area contributed by atoms with Crippen LogP contribution in [0.4, 0.5) is 11.4 Å². The van der Waals surface area contributed by atoms with Crippen molar-refractivity contribution >= 4 is 27.3 Å². The zero-order chi connectivity index (χ0) is 20.9. The Bertz CT molecular complexity index is 939. The Balaban J connectivity index is 1.91. The number of hydrogen-bond donors (Lipinski definition) is 3. The number of carbonyl (C=O) groups excluding carboxylic acids is 1. The molecule has 0 aliphatic heterocycles. The predicted octanol–water partition coefficient (Wildman–Crippen LogP) is 4.37. The van der Waals surface area contributed by atoms with Crippen molar-refractivity contribution in [1.29, 1.82) is 0 Å². The highest BCUT2D eigenvalue weighted by Gasteiger charge is 2.22. The molecule has 0 aromatic heterocycles. The van der Waals surface area contributed by atoms with Gasteiger partial charge < -0.3 is 10.6 Å². The van der Waals surface area contributed by atoms with E-state index in [0.717, 1.165) is 32.1 Å². The second-order valence-electron chi connectivity index (χ2n) is 7.63. The molecule has 0 spiro atoms. The predicted molar refractivity (Wildman–Crippen MR) is 117 cm³/mol. The molecule has 29 heavy (non-hydrogen) atoms. The summed E-state index contributed by atoms with van der Waals surface area (Å²) >= 11 is 0. The zero-order valence-corrected chi connectivity index (χ0v) is 17.8. The quantitative estimate of drug-likeness (QED) is 0.597. The fraction of sp³-hybridized carbons (Fsp3) is 0.409. The van der Waals surface area contributed by atoms with Crippen LogP contribution >= 0.6 is 0 Å². The number of para-hydroxylation sites is 1. The van der Waals surface area contributed by atoms with Crippen LogP contribution in [-0.4, -0.2) is 26.4 Å². The summed E-state index contributed by atoms with van der Waals surface area (Å²) in [4.78, 5) is 12.9. The molecular formula is C22H29N3O3S. The largest absolute Gasteiger partial charge is 0.383 e. The number of anilines is 2. The van der Waals surface area contributed by atoms with Crippen molar-refractivity contribution in [3.8, 4) is 0 Å². The highest BCUT2D eigenvalue weighted by molar-refractivity contribution is 7.92. The summed E-state index contributed by atoms with van der Waals surface area (Å²) < 4.78 is 28.5. The molecule has 0 radical (unpaired) electrons. The number of sulfonamides is 1. The summed E-state index contributed by atoms with van der Waals surface area (Å²) in [6, 6.07) is 13.8. The molecule has 1 aliphatic carbocycles. The van der Waals surface area contributed by atoms with E-state index in [9.17, 15) is 13.2 Å². The molecule has 156 valence electrons. The zero-order valence-electron chi connectivity index (χ0n) is 16.9. The standard InChI is InChI=1S/C22H29N3O3S/c1-3-16(2)23-20-13-17(22(26)24-18-9-7-8-10-18)14-21(15-20)29(27,28)25-19-11-5-4-6-12-19/h4-6,11-16,18,23,25H,3,7-10H2,1-2H3,(H,24,26)/t16-/m1/s1. The molecule has 1 aliphatic rings. The molecule has 1 amide bonds. The van der Waals surface area contributed by atoms with Gasteiger partial charge in [0, 0.05) is 29.0 Å². The van der Waals surface area contributed by atoms with Gasteiger partial charge in [-0.1, -0.05) is 38.0 Å². The van der Waals surface area contributed by atoms with Crippen molar-refractivity contribution in [2.45, 2.75) is 62.9 Å². The summed E-state index contributed by atoms with van der Waals surface area (Å²) in [6.45, 7) is 4.06. The molecule has 7 heteroatoms. The van der Waals surface area contributed by atoms with E-state index in [2.05, 4.69) is 15.4 Å². The molecular weight excluding hydrogens is 386 g/mol.